The number of anilines is 2. The molecule has 0 aliphatic heterocycles. The van der Waals surface area contributed by atoms with E-state index < -0.39 is 0 Å². The van der Waals surface area contributed by atoms with E-state index in [-0.39, 0.29) is 12.5 Å². The predicted molar refractivity (Wildman–Crippen MR) is 74.8 cm³/mol. The molecule has 1 aromatic carbocycles. The molecule has 0 saturated carbocycles. The van der Waals surface area contributed by atoms with Gasteiger partial charge in [-0.2, -0.15) is 5.10 Å². The third-order valence-electron chi connectivity index (χ3n) is 2.64. The van der Waals surface area contributed by atoms with E-state index in [1.807, 2.05) is 0 Å². The Bertz CT molecular complexity index is 609. The van der Waals surface area contributed by atoms with Crippen LogP contribution in [0.25, 0.3) is 0 Å². The number of nitrogens with one attached hydrogen (secondary N) is 1. The van der Waals surface area contributed by atoms with Gasteiger partial charge in [0.2, 0.25) is 5.91 Å². The lowest BCUT2D eigenvalue weighted by Gasteiger charge is -2.11. The summed E-state index contributed by atoms with van der Waals surface area (Å²) in [5, 5.41) is 6.70. The number of nitrogens with two attached hydrogens (primary N) is 1. The van der Waals surface area contributed by atoms with Crippen molar-refractivity contribution in [1.29, 1.82) is 0 Å². The van der Waals surface area contributed by atoms with Gasteiger partial charge in [0.25, 0.3) is 0 Å². The summed E-state index contributed by atoms with van der Waals surface area (Å²) in [6, 6.07) is 5.16. The normalized spacial score (nSPS) is 10.1. The van der Waals surface area contributed by atoms with E-state index in [1.165, 1.54) is 18.0 Å². The molecule has 3 N–H and O–H groups in total. The molecule has 0 aliphatic rings. The molecule has 2 rings (SSSR count). The molecule has 1 heterocycles. The minimum atomic E-state index is -0.236. The van der Waals surface area contributed by atoms with E-state index in [1.54, 1.807) is 31.5 Å². The SMILES string of the molecule is COc1ccc(OC)c(NC(=O)Cn2cc(N)cn2)c1. The van der Waals surface area contributed by atoms with Gasteiger partial charge in [-0.3, -0.25) is 9.48 Å². The Balaban J connectivity index is 2.10. The van der Waals surface area contributed by atoms with Gasteiger partial charge in [0.1, 0.15) is 18.0 Å². The van der Waals surface area contributed by atoms with Gasteiger partial charge in [0.15, 0.2) is 0 Å². The van der Waals surface area contributed by atoms with Crippen LogP contribution in [0.2, 0.25) is 0 Å². The first-order valence-corrected chi connectivity index (χ1v) is 5.92. The third kappa shape index (κ3) is 3.19. The molecule has 20 heavy (non-hydrogen) atoms. The second kappa shape index (κ2) is 5.96. The van der Waals surface area contributed by atoms with Crippen LogP contribution in [-0.4, -0.2) is 29.9 Å². The topological polar surface area (TPSA) is 91.4 Å². The third-order valence-corrected chi connectivity index (χ3v) is 2.64. The van der Waals surface area contributed by atoms with Crippen LogP contribution in [0.3, 0.4) is 0 Å². The van der Waals surface area contributed by atoms with E-state index in [4.69, 9.17) is 15.2 Å². The largest absolute Gasteiger partial charge is 0.497 e. The van der Waals surface area contributed by atoms with E-state index in [0.717, 1.165) is 0 Å². The van der Waals surface area contributed by atoms with Gasteiger partial charge in [-0.15, -0.1) is 0 Å². The zero-order chi connectivity index (χ0) is 14.5. The fourth-order valence-electron chi connectivity index (χ4n) is 1.71. The molecule has 0 aliphatic carbocycles. The summed E-state index contributed by atoms with van der Waals surface area (Å²) in [5.41, 5.74) is 6.59. The highest BCUT2D eigenvalue weighted by Gasteiger charge is 2.10. The Labute approximate surface area is 116 Å². The van der Waals surface area contributed by atoms with Crippen LogP contribution in [0.4, 0.5) is 11.4 Å². The van der Waals surface area contributed by atoms with E-state index >= 15 is 0 Å². The first-order valence-electron chi connectivity index (χ1n) is 5.92. The lowest BCUT2D eigenvalue weighted by atomic mass is 10.2. The number of nitrogen functional groups attached to an aromatic ring is 1. The Morgan fingerprint density at radius 3 is 2.80 bits per heavy atom. The molecule has 0 saturated heterocycles. The van der Waals surface area contributed by atoms with Crippen molar-refractivity contribution < 1.29 is 14.3 Å². The minimum absolute atomic E-state index is 0.0670. The highest BCUT2D eigenvalue weighted by atomic mass is 16.5. The number of hydrogen-bond acceptors (Lipinski definition) is 5. The summed E-state index contributed by atoms with van der Waals surface area (Å²) in [6.45, 7) is 0.0670. The molecular formula is C13H16N4O3. The monoisotopic (exact) mass is 276 g/mol. The maximum atomic E-state index is 11.9. The van der Waals surface area contributed by atoms with Crippen molar-refractivity contribution in [1.82, 2.24) is 9.78 Å². The lowest BCUT2D eigenvalue weighted by molar-refractivity contribution is -0.116. The molecular weight excluding hydrogens is 260 g/mol. The number of carbonyl (C=O) groups excluding carboxylic acids is 1. The van der Waals surface area contributed by atoms with Crippen molar-refractivity contribution in [2.75, 3.05) is 25.3 Å². The molecule has 1 aromatic heterocycles. The Hall–Kier alpha value is -2.70. The molecule has 0 spiro atoms. The fraction of sp³-hybridized carbons (Fsp3) is 0.231. The smallest absolute Gasteiger partial charge is 0.246 e. The summed E-state index contributed by atoms with van der Waals surface area (Å²) >= 11 is 0. The molecule has 7 nitrogen and oxygen atoms in total. The number of carbonyl (C=O) groups is 1. The molecule has 0 fully saturated rings. The summed E-state index contributed by atoms with van der Waals surface area (Å²) in [4.78, 5) is 11.9. The lowest BCUT2D eigenvalue weighted by Crippen LogP contribution is -2.19. The molecule has 0 unspecified atom stereocenters. The fourth-order valence-corrected chi connectivity index (χ4v) is 1.71. The zero-order valence-corrected chi connectivity index (χ0v) is 11.3. The van der Waals surface area contributed by atoms with Crippen LogP contribution in [0.5, 0.6) is 11.5 Å². The molecule has 0 bridgehead atoms. The quantitative estimate of drug-likeness (QED) is 0.854. The highest BCUT2D eigenvalue weighted by molar-refractivity contribution is 5.92. The van der Waals surface area contributed by atoms with Crippen molar-refractivity contribution in [3.05, 3.63) is 30.6 Å². The van der Waals surface area contributed by atoms with Crippen molar-refractivity contribution in [3.63, 3.8) is 0 Å². The Kier molecular flexibility index (Phi) is 4.09. The van der Waals surface area contributed by atoms with Gasteiger partial charge in [-0.25, -0.2) is 0 Å². The van der Waals surface area contributed by atoms with Gasteiger partial charge in [-0.05, 0) is 12.1 Å². The number of hydrogen-bond donors (Lipinski definition) is 2. The average molecular weight is 276 g/mol. The first kappa shape index (κ1) is 13.7. The number of ether oxygens (including phenoxy) is 2. The van der Waals surface area contributed by atoms with Gasteiger partial charge in [0, 0.05) is 12.3 Å². The van der Waals surface area contributed by atoms with Gasteiger partial charge < -0.3 is 20.5 Å². The van der Waals surface area contributed by atoms with Crippen molar-refractivity contribution >= 4 is 17.3 Å². The average Bonchev–Trinajstić information content (AvgIpc) is 2.83. The van der Waals surface area contributed by atoms with Crippen molar-refractivity contribution in [2.45, 2.75) is 6.54 Å². The second-order valence-electron chi connectivity index (χ2n) is 4.09. The van der Waals surface area contributed by atoms with E-state index in [9.17, 15) is 4.79 Å². The summed E-state index contributed by atoms with van der Waals surface area (Å²) < 4.78 is 11.8. The van der Waals surface area contributed by atoms with Gasteiger partial charge in [-0.1, -0.05) is 0 Å². The molecule has 7 heteroatoms. The number of aromatic nitrogens is 2. The van der Waals surface area contributed by atoms with Crippen LogP contribution in [0.15, 0.2) is 30.6 Å². The second-order valence-corrected chi connectivity index (χ2v) is 4.09. The van der Waals surface area contributed by atoms with E-state index in [0.29, 0.717) is 22.9 Å². The van der Waals surface area contributed by atoms with Gasteiger partial charge >= 0.3 is 0 Å². The number of amides is 1. The van der Waals surface area contributed by atoms with Crippen LogP contribution in [0.1, 0.15) is 0 Å². The first-order chi connectivity index (χ1) is 9.62. The number of methoxy groups -OCH3 is 2. The number of benzene rings is 1. The molecule has 0 atom stereocenters. The summed E-state index contributed by atoms with van der Waals surface area (Å²) in [6.07, 6.45) is 3.07. The van der Waals surface area contributed by atoms with E-state index in [2.05, 4.69) is 10.4 Å². The van der Waals surface area contributed by atoms with Crippen LogP contribution in [-0.2, 0) is 11.3 Å². The van der Waals surface area contributed by atoms with Crippen LogP contribution >= 0.6 is 0 Å². The standard InChI is InChI=1S/C13H16N4O3/c1-19-10-3-4-12(20-2)11(5-10)16-13(18)8-17-7-9(14)6-15-17/h3-7H,8,14H2,1-2H3,(H,16,18). The Morgan fingerprint density at radius 2 is 2.20 bits per heavy atom. The minimum Gasteiger partial charge on any atom is -0.497 e. The molecule has 2 aromatic rings. The van der Waals surface area contributed by atoms with Crippen LogP contribution in [0, 0.1) is 0 Å². The molecule has 106 valence electrons. The summed E-state index contributed by atoms with van der Waals surface area (Å²) in [7, 11) is 3.09. The maximum Gasteiger partial charge on any atom is 0.246 e. The maximum absolute atomic E-state index is 11.9. The highest BCUT2D eigenvalue weighted by Crippen LogP contribution is 2.28. The number of nitrogens with zero attached hydrogens (tertiary/aromatic N) is 2. The zero-order valence-electron chi connectivity index (χ0n) is 11.3. The van der Waals surface area contributed by atoms with Crippen molar-refractivity contribution in [3.8, 4) is 11.5 Å². The van der Waals surface area contributed by atoms with Crippen LogP contribution < -0.4 is 20.5 Å². The van der Waals surface area contributed by atoms with Gasteiger partial charge in [0.05, 0.1) is 31.8 Å². The molecule has 1 amide bonds. The number of rotatable bonds is 5. The summed E-state index contributed by atoms with van der Waals surface area (Å²) in [5.74, 6) is 0.947. The van der Waals surface area contributed by atoms with Crippen molar-refractivity contribution in [2.24, 2.45) is 0 Å². The molecule has 0 radical (unpaired) electrons. The predicted octanol–water partition coefficient (Wildman–Crippen LogP) is 1.12. The Morgan fingerprint density at radius 1 is 1.40 bits per heavy atom.